The van der Waals surface area contributed by atoms with Gasteiger partial charge in [-0.3, -0.25) is 5.84 Å². The van der Waals surface area contributed by atoms with Crippen LogP contribution in [0, 0.1) is 6.92 Å². The van der Waals surface area contributed by atoms with Gasteiger partial charge in [-0.05, 0) is 43.0 Å². The van der Waals surface area contributed by atoms with Crippen LogP contribution in [0.15, 0.2) is 30.0 Å². The van der Waals surface area contributed by atoms with Crippen LogP contribution < -0.4 is 11.3 Å². The van der Waals surface area contributed by atoms with Crippen molar-refractivity contribution >= 4 is 11.6 Å². The lowest BCUT2D eigenvalue weighted by molar-refractivity contribution is 0.168. The van der Waals surface area contributed by atoms with Crippen LogP contribution in [0.25, 0.3) is 0 Å². The third kappa shape index (κ3) is 2.80. The van der Waals surface area contributed by atoms with E-state index >= 15 is 0 Å². The van der Waals surface area contributed by atoms with Crippen molar-refractivity contribution in [1.29, 1.82) is 0 Å². The Morgan fingerprint density at radius 2 is 2.29 bits per heavy atom. The Kier molecular flexibility index (Phi) is 4.05. The van der Waals surface area contributed by atoms with Crippen LogP contribution in [0.2, 0.25) is 5.02 Å². The van der Waals surface area contributed by atoms with Crippen LogP contribution in [0.4, 0.5) is 0 Å². The van der Waals surface area contributed by atoms with Crippen LogP contribution in [-0.4, -0.2) is 6.61 Å². The van der Waals surface area contributed by atoms with E-state index in [1.807, 2.05) is 25.1 Å². The maximum absolute atomic E-state index is 6.12. The fourth-order valence-corrected chi connectivity index (χ4v) is 2.10. The highest BCUT2D eigenvalue weighted by Crippen LogP contribution is 2.28. The zero-order chi connectivity index (χ0) is 12.3. The number of aryl methyl sites for hydroxylation is 1. The Balaban J connectivity index is 2.28. The van der Waals surface area contributed by atoms with Crippen molar-refractivity contribution < 1.29 is 4.74 Å². The Bertz CT molecular complexity index is 431. The molecular formula is C13H17ClN2O. The molecule has 1 atom stereocenters. The summed E-state index contributed by atoms with van der Waals surface area (Å²) in [6.07, 6.45) is 4.18. The van der Waals surface area contributed by atoms with Crippen molar-refractivity contribution in [1.82, 2.24) is 5.43 Å². The second kappa shape index (κ2) is 5.54. The van der Waals surface area contributed by atoms with Crippen molar-refractivity contribution in [2.24, 2.45) is 5.84 Å². The molecule has 0 saturated carbocycles. The first-order valence-electron chi connectivity index (χ1n) is 5.77. The summed E-state index contributed by atoms with van der Waals surface area (Å²) in [6.45, 7) is 2.73. The van der Waals surface area contributed by atoms with E-state index in [0.717, 1.165) is 41.4 Å². The molecule has 1 aromatic carbocycles. The molecule has 3 nitrogen and oxygen atoms in total. The largest absolute Gasteiger partial charge is 0.496 e. The second-order valence-corrected chi connectivity index (χ2v) is 4.61. The third-order valence-corrected chi connectivity index (χ3v) is 3.35. The lowest BCUT2D eigenvalue weighted by Crippen LogP contribution is -2.31. The summed E-state index contributed by atoms with van der Waals surface area (Å²) in [6, 6.07) is 5.82. The Labute approximate surface area is 107 Å². The smallest absolute Gasteiger partial charge is 0.115 e. The molecule has 92 valence electrons. The van der Waals surface area contributed by atoms with E-state index in [1.54, 1.807) is 0 Å². The minimum atomic E-state index is -0.117. The van der Waals surface area contributed by atoms with E-state index in [0.29, 0.717) is 0 Å². The molecule has 1 heterocycles. The molecular weight excluding hydrogens is 236 g/mol. The van der Waals surface area contributed by atoms with Crippen LogP contribution in [0.3, 0.4) is 0 Å². The van der Waals surface area contributed by atoms with Crippen LogP contribution in [-0.2, 0) is 4.74 Å². The van der Waals surface area contributed by atoms with Crippen molar-refractivity contribution in [2.75, 3.05) is 6.61 Å². The van der Waals surface area contributed by atoms with Gasteiger partial charge in [0.2, 0.25) is 0 Å². The minimum absolute atomic E-state index is 0.117. The summed E-state index contributed by atoms with van der Waals surface area (Å²) >= 11 is 6.12. The van der Waals surface area contributed by atoms with Gasteiger partial charge in [0, 0.05) is 5.02 Å². The molecule has 4 heteroatoms. The molecule has 1 aliphatic rings. The average Bonchev–Trinajstić information content (AvgIpc) is 2.36. The zero-order valence-corrected chi connectivity index (χ0v) is 10.6. The number of hydrogen-bond acceptors (Lipinski definition) is 3. The van der Waals surface area contributed by atoms with Crippen molar-refractivity contribution in [3.8, 4) is 0 Å². The van der Waals surface area contributed by atoms with E-state index in [9.17, 15) is 0 Å². The third-order valence-electron chi connectivity index (χ3n) is 2.94. The predicted molar refractivity (Wildman–Crippen MR) is 69.5 cm³/mol. The fraction of sp³-hybridized carbons (Fsp3) is 0.385. The first-order valence-corrected chi connectivity index (χ1v) is 6.15. The second-order valence-electron chi connectivity index (χ2n) is 4.21. The number of halogens is 1. The maximum Gasteiger partial charge on any atom is 0.115 e. The Hall–Kier alpha value is -1.03. The molecule has 0 fully saturated rings. The van der Waals surface area contributed by atoms with E-state index in [-0.39, 0.29) is 6.04 Å². The summed E-state index contributed by atoms with van der Waals surface area (Å²) in [5.41, 5.74) is 4.87. The number of hydrogen-bond donors (Lipinski definition) is 2. The SMILES string of the molecule is Cc1ccc(C(NN)C2=CCCCO2)cc1Cl. The summed E-state index contributed by atoms with van der Waals surface area (Å²) in [5, 5.41) is 0.749. The number of nitrogens with one attached hydrogen (secondary N) is 1. The van der Waals surface area contributed by atoms with Crippen LogP contribution >= 0.6 is 11.6 Å². The molecule has 1 aromatic rings. The molecule has 2 rings (SSSR count). The first-order chi connectivity index (χ1) is 8.22. The number of rotatable bonds is 3. The number of benzene rings is 1. The summed E-state index contributed by atoms with van der Waals surface area (Å²) in [4.78, 5) is 0. The van der Waals surface area contributed by atoms with Gasteiger partial charge in [0.1, 0.15) is 11.8 Å². The lowest BCUT2D eigenvalue weighted by atomic mass is 10.0. The molecule has 0 radical (unpaired) electrons. The normalized spacial score (nSPS) is 17.2. The fourth-order valence-electron chi connectivity index (χ4n) is 1.91. The highest BCUT2D eigenvalue weighted by atomic mass is 35.5. The van der Waals surface area contributed by atoms with Gasteiger partial charge in [-0.25, -0.2) is 5.43 Å². The van der Waals surface area contributed by atoms with E-state index in [4.69, 9.17) is 22.2 Å². The van der Waals surface area contributed by atoms with Crippen molar-refractivity contribution in [3.63, 3.8) is 0 Å². The molecule has 0 amide bonds. The predicted octanol–water partition coefficient (Wildman–Crippen LogP) is 2.85. The lowest BCUT2D eigenvalue weighted by Gasteiger charge is -2.23. The number of nitrogens with two attached hydrogens (primary N) is 1. The van der Waals surface area contributed by atoms with Crippen LogP contribution in [0.1, 0.15) is 30.0 Å². The summed E-state index contributed by atoms with van der Waals surface area (Å²) in [7, 11) is 0. The number of hydrazine groups is 1. The maximum atomic E-state index is 6.12. The average molecular weight is 253 g/mol. The number of allylic oxidation sites excluding steroid dienone is 1. The van der Waals surface area contributed by atoms with Gasteiger partial charge in [-0.15, -0.1) is 0 Å². The molecule has 0 aliphatic carbocycles. The molecule has 1 unspecified atom stereocenters. The van der Waals surface area contributed by atoms with Gasteiger partial charge >= 0.3 is 0 Å². The molecule has 0 aromatic heterocycles. The molecule has 3 N–H and O–H groups in total. The highest BCUT2D eigenvalue weighted by molar-refractivity contribution is 6.31. The van der Waals surface area contributed by atoms with Crippen LogP contribution in [0.5, 0.6) is 0 Å². The van der Waals surface area contributed by atoms with E-state index < -0.39 is 0 Å². The van der Waals surface area contributed by atoms with Gasteiger partial charge < -0.3 is 4.74 Å². The van der Waals surface area contributed by atoms with E-state index in [2.05, 4.69) is 11.5 Å². The topological polar surface area (TPSA) is 47.3 Å². The monoisotopic (exact) mass is 252 g/mol. The number of ether oxygens (including phenoxy) is 1. The standard InChI is InChI=1S/C13H17ClN2O/c1-9-5-6-10(8-11(9)14)13(16-15)12-4-2-3-7-17-12/h4-6,8,13,16H,2-3,7,15H2,1H3. The summed E-state index contributed by atoms with van der Waals surface area (Å²) < 4.78 is 5.63. The molecule has 0 bridgehead atoms. The summed E-state index contributed by atoms with van der Waals surface area (Å²) in [5.74, 6) is 6.50. The minimum Gasteiger partial charge on any atom is -0.496 e. The van der Waals surface area contributed by atoms with Gasteiger partial charge in [0.05, 0.1) is 6.61 Å². The molecule has 1 aliphatic heterocycles. The van der Waals surface area contributed by atoms with E-state index in [1.165, 1.54) is 0 Å². The van der Waals surface area contributed by atoms with Gasteiger partial charge in [-0.1, -0.05) is 23.7 Å². The van der Waals surface area contributed by atoms with Crippen molar-refractivity contribution in [3.05, 3.63) is 46.2 Å². The Morgan fingerprint density at radius 3 is 2.88 bits per heavy atom. The Morgan fingerprint density at radius 1 is 1.47 bits per heavy atom. The molecule has 0 saturated heterocycles. The molecule has 0 spiro atoms. The van der Waals surface area contributed by atoms with Gasteiger partial charge in [0.15, 0.2) is 0 Å². The molecule has 17 heavy (non-hydrogen) atoms. The van der Waals surface area contributed by atoms with Gasteiger partial charge in [0.25, 0.3) is 0 Å². The highest BCUT2D eigenvalue weighted by Gasteiger charge is 2.19. The van der Waals surface area contributed by atoms with Crippen molar-refractivity contribution in [2.45, 2.75) is 25.8 Å². The van der Waals surface area contributed by atoms with Gasteiger partial charge in [-0.2, -0.15) is 0 Å². The zero-order valence-electron chi connectivity index (χ0n) is 9.87. The first kappa shape index (κ1) is 12.4. The quantitative estimate of drug-likeness (QED) is 0.642.